The van der Waals surface area contributed by atoms with Crippen LogP contribution < -0.4 is 10.1 Å². The Morgan fingerprint density at radius 2 is 2.11 bits per heavy atom. The van der Waals surface area contributed by atoms with E-state index < -0.39 is 0 Å². The van der Waals surface area contributed by atoms with Gasteiger partial charge in [0.25, 0.3) is 0 Å². The van der Waals surface area contributed by atoms with Gasteiger partial charge in [0.1, 0.15) is 5.69 Å². The molecule has 5 nitrogen and oxygen atoms in total. The molecule has 0 amide bonds. The van der Waals surface area contributed by atoms with Crippen LogP contribution in [0.25, 0.3) is 0 Å². The molecule has 0 saturated heterocycles. The zero-order valence-electron chi connectivity index (χ0n) is 12.6. The molecule has 0 saturated carbocycles. The average Bonchev–Trinajstić information content (AvgIpc) is 2.77. The van der Waals surface area contributed by atoms with E-state index in [1.54, 1.807) is 18.0 Å². The number of methoxy groups -OCH3 is 1. The van der Waals surface area contributed by atoms with Gasteiger partial charge in [0.15, 0.2) is 11.5 Å². The second-order valence-corrected chi connectivity index (χ2v) is 5.24. The molecule has 1 aromatic rings. The Bertz CT molecular complexity index is 411. The number of rotatable bonds is 8. The van der Waals surface area contributed by atoms with Crippen molar-refractivity contribution in [1.82, 2.24) is 15.1 Å². The summed E-state index contributed by atoms with van der Waals surface area (Å²) in [6.45, 7) is 9.05. The summed E-state index contributed by atoms with van der Waals surface area (Å²) in [7, 11) is 1.57. The third-order valence-electron chi connectivity index (χ3n) is 2.87. The highest BCUT2D eigenvalue weighted by Crippen LogP contribution is 2.22. The first-order valence-corrected chi connectivity index (χ1v) is 6.85. The predicted molar refractivity (Wildman–Crippen MR) is 75.9 cm³/mol. The fraction of sp³-hybridized carbons (Fsp3) is 0.714. The molecule has 1 rings (SSSR count). The maximum absolute atomic E-state index is 12.3. The van der Waals surface area contributed by atoms with Gasteiger partial charge < -0.3 is 10.1 Å². The predicted octanol–water partition coefficient (Wildman–Crippen LogP) is 2.43. The summed E-state index contributed by atoms with van der Waals surface area (Å²) in [6, 6.07) is 0.600. The number of carbonyl (C=O) groups is 1. The van der Waals surface area contributed by atoms with Crippen molar-refractivity contribution in [3.05, 3.63) is 11.9 Å². The first-order chi connectivity index (χ1) is 8.97. The number of hydrogen-bond donors (Lipinski definition) is 1. The highest BCUT2D eigenvalue weighted by molar-refractivity contribution is 5.97. The molecule has 1 aromatic heterocycles. The van der Waals surface area contributed by atoms with E-state index in [9.17, 15) is 4.79 Å². The van der Waals surface area contributed by atoms with Gasteiger partial charge in [-0.25, -0.2) is 0 Å². The molecule has 1 N–H and O–H groups in total. The summed E-state index contributed by atoms with van der Waals surface area (Å²) in [5.41, 5.74) is 0.585. The van der Waals surface area contributed by atoms with Gasteiger partial charge in [-0.05, 0) is 26.8 Å². The molecule has 0 aliphatic heterocycles. The minimum absolute atomic E-state index is 0.0913. The lowest BCUT2D eigenvalue weighted by atomic mass is 10.1. The Hall–Kier alpha value is -1.36. The van der Waals surface area contributed by atoms with E-state index in [-0.39, 0.29) is 11.8 Å². The lowest BCUT2D eigenvalue weighted by Gasteiger charge is -2.12. The molecule has 0 bridgehead atoms. The van der Waals surface area contributed by atoms with E-state index in [4.69, 9.17) is 4.74 Å². The SMILES string of the molecule is COc1cnn(C(C)C)c1C(=O)CCCNC(C)C. The zero-order valence-corrected chi connectivity index (χ0v) is 12.6. The van der Waals surface area contributed by atoms with Gasteiger partial charge in [0, 0.05) is 18.5 Å². The minimum atomic E-state index is 0.0913. The van der Waals surface area contributed by atoms with Crippen LogP contribution in [0.1, 0.15) is 57.1 Å². The van der Waals surface area contributed by atoms with E-state index in [0.717, 1.165) is 13.0 Å². The summed E-state index contributed by atoms with van der Waals surface area (Å²) in [5.74, 6) is 0.657. The Morgan fingerprint density at radius 1 is 1.42 bits per heavy atom. The maximum Gasteiger partial charge on any atom is 0.184 e. The Labute approximate surface area is 115 Å². The van der Waals surface area contributed by atoms with Crippen molar-refractivity contribution in [2.45, 2.75) is 52.6 Å². The van der Waals surface area contributed by atoms with Gasteiger partial charge in [-0.3, -0.25) is 9.48 Å². The fourth-order valence-electron chi connectivity index (χ4n) is 1.91. The van der Waals surface area contributed by atoms with Crippen molar-refractivity contribution in [2.75, 3.05) is 13.7 Å². The molecule has 0 unspecified atom stereocenters. The highest BCUT2D eigenvalue weighted by Gasteiger charge is 2.20. The minimum Gasteiger partial charge on any atom is -0.493 e. The van der Waals surface area contributed by atoms with Crippen LogP contribution in [0.15, 0.2) is 6.20 Å². The van der Waals surface area contributed by atoms with E-state index in [1.807, 2.05) is 13.8 Å². The van der Waals surface area contributed by atoms with Crippen LogP contribution in [-0.4, -0.2) is 35.3 Å². The first kappa shape index (κ1) is 15.7. The third kappa shape index (κ3) is 4.35. The second kappa shape index (κ2) is 7.28. The molecule has 0 aromatic carbocycles. The van der Waals surface area contributed by atoms with Gasteiger partial charge in [-0.2, -0.15) is 5.10 Å². The fourth-order valence-corrected chi connectivity index (χ4v) is 1.91. The van der Waals surface area contributed by atoms with Crippen molar-refractivity contribution in [3.8, 4) is 5.75 Å². The molecule has 1 heterocycles. The van der Waals surface area contributed by atoms with E-state index >= 15 is 0 Å². The van der Waals surface area contributed by atoms with Crippen molar-refractivity contribution in [3.63, 3.8) is 0 Å². The van der Waals surface area contributed by atoms with Gasteiger partial charge in [-0.15, -0.1) is 0 Å². The van der Waals surface area contributed by atoms with Crippen LogP contribution in [0.3, 0.4) is 0 Å². The van der Waals surface area contributed by atoms with E-state index in [1.165, 1.54) is 0 Å². The monoisotopic (exact) mass is 267 g/mol. The van der Waals surface area contributed by atoms with Crippen LogP contribution in [0.5, 0.6) is 5.75 Å². The number of Topliss-reactive ketones (excluding diaryl/α,β-unsaturated/α-hetero) is 1. The van der Waals surface area contributed by atoms with Gasteiger partial charge >= 0.3 is 0 Å². The zero-order chi connectivity index (χ0) is 14.4. The Kier molecular flexibility index (Phi) is 6.02. The normalized spacial score (nSPS) is 11.3. The number of nitrogens with one attached hydrogen (secondary N) is 1. The molecule has 19 heavy (non-hydrogen) atoms. The van der Waals surface area contributed by atoms with Crippen molar-refractivity contribution in [1.29, 1.82) is 0 Å². The molecule has 5 heteroatoms. The molecule has 108 valence electrons. The molecule has 0 fully saturated rings. The standard InChI is InChI=1S/C14H25N3O2/c1-10(2)15-8-6-7-12(18)14-13(19-5)9-16-17(14)11(3)4/h9-11,15H,6-8H2,1-5H3. The molecule has 0 radical (unpaired) electrons. The molecule has 0 atom stereocenters. The molecule has 0 spiro atoms. The molecule has 0 aliphatic carbocycles. The quantitative estimate of drug-likeness (QED) is 0.580. The number of hydrogen-bond acceptors (Lipinski definition) is 4. The van der Waals surface area contributed by atoms with Crippen LogP contribution in [0.4, 0.5) is 0 Å². The summed E-state index contributed by atoms with van der Waals surface area (Å²) < 4.78 is 6.96. The van der Waals surface area contributed by atoms with E-state index in [0.29, 0.717) is 23.9 Å². The Morgan fingerprint density at radius 3 is 2.63 bits per heavy atom. The summed E-state index contributed by atoms with van der Waals surface area (Å²) >= 11 is 0. The average molecular weight is 267 g/mol. The summed E-state index contributed by atoms with van der Waals surface area (Å²) in [5, 5.41) is 7.53. The van der Waals surface area contributed by atoms with Crippen LogP contribution in [0, 0.1) is 0 Å². The third-order valence-corrected chi connectivity index (χ3v) is 2.87. The number of ketones is 1. The summed E-state index contributed by atoms with van der Waals surface area (Å²) in [4.78, 5) is 12.3. The van der Waals surface area contributed by atoms with Gasteiger partial charge in [0.05, 0.1) is 13.3 Å². The van der Waals surface area contributed by atoms with Crippen molar-refractivity contribution < 1.29 is 9.53 Å². The molecular formula is C14H25N3O2. The van der Waals surface area contributed by atoms with Crippen molar-refractivity contribution in [2.24, 2.45) is 0 Å². The largest absolute Gasteiger partial charge is 0.493 e. The van der Waals surface area contributed by atoms with Crippen LogP contribution >= 0.6 is 0 Å². The van der Waals surface area contributed by atoms with Crippen LogP contribution in [-0.2, 0) is 0 Å². The lowest BCUT2D eigenvalue weighted by Crippen LogP contribution is -2.24. The number of aromatic nitrogens is 2. The second-order valence-electron chi connectivity index (χ2n) is 5.24. The number of nitrogens with zero attached hydrogens (tertiary/aromatic N) is 2. The van der Waals surface area contributed by atoms with Crippen molar-refractivity contribution >= 4 is 5.78 Å². The van der Waals surface area contributed by atoms with Gasteiger partial charge in [-0.1, -0.05) is 13.8 Å². The molecule has 0 aliphatic rings. The number of carbonyl (C=O) groups excluding carboxylic acids is 1. The highest BCUT2D eigenvalue weighted by atomic mass is 16.5. The Balaban J connectivity index is 2.67. The number of ether oxygens (including phenoxy) is 1. The van der Waals surface area contributed by atoms with Crippen LogP contribution in [0.2, 0.25) is 0 Å². The van der Waals surface area contributed by atoms with E-state index in [2.05, 4.69) is 24.3 Å². The van der Waals surface area contributed by atoms with Gasteiger partial charge in [0.2, 0.25) is 0 Å². The topological polar surface area (TPSA) is 56.2 Å². The lowest BCUT2D eigenvalue weighted by molar-refractivity contribution is 0.0964. The summed E-state index contributed by atoms with van der Waals surface area (Å²) in [6.07, 6.45) is 2.94. The maximum atomic E-state index is 12.3. The molecular weight excluding hydrogens is 242 g/mol. The smallest absolute Gasteiger partial charge is 0.184 e. The first-order valence-electron chi connectivity index (χ1n) is 6.85.